The van der Waals surface area contributed by atoms with Crippen LogP contribution in [0.3, 0.4) is 0 Å². The molecule has 0 saturated carbocycles. The van der Waals surface area contributed by atoms with E-state index in [2.05, 4.69) is 60.0 Å². The Hall–Kier alpha value is -1.63. The van der Waals surface area contributed by atoms with Crippen molar-refractivity contribution in [2.24, 2.45) is 0 Å². The number of nitrogens with two attached hydrogens (primary N) is 1. The van der Waals surface area contributed by atoms with Crippen LogP contribution in [0.5, 0.6) is 5.75 Å². The molecule has 4 rings (SSSR count). The second-order valence-electron chi connectivity index (χ2n) is 7.37. The van der Waals surface area contributed by atoms with Gasteiger partial charge in [0, 0.05) is 41.2 Å². The summed E-state index contributed by atoms with van der Waals surface area (Å²) in [5.41, 5.74) is 7.55. The average molecular weight is 539 g/mol. The molecule has 2 aromatic heterocycles. The molecule has 3 aromatic rings. The molecule has 1 aliphatic heterocycles. The van der Waals surface area contributed by atoms with Crippen molar-refractivity contribution in [3.8, 4) is 5.75 Å². The summed E-state index contributed by atoms with van der Waals surface area (Å²) in [6.07, 6.45) is 2.54. The second-order valence-corrected chi connectivity index (χ2v) is 9.55. The monoisotopic (exact) mass is 539 g/mol. The minimum Gasteiger partial charge on any atom is -0.497 e. The number of hydrogen-bond acceptors (Lipinski definition) is 8. The molecule has 8 nitrogen and oxygen atoms in total. The number of aryl methyl sites for hydroxylation is 1. The molecule has 0 amide bonds. The Morgan fingerprint density at radius 3 is 2.73 bits per heavy atom. The normalized spacial score (nSPS) is 15.7. The number of nitrogens with zero attached hydrogens (tertiary/aromatic N) is 6. The van der Waals surface area contributed by atoms with E-state index in [1.807, 2.05) is 12.1 Å². The van der Waals surface area contributed by atoms with Gasteiger partial charge in [0.15, 0.2) is 22.1 Å². The third-order valence-corrected chi connectivity index (χ3v) is 7.68. The number of benzene rings is 1. The Morgan fingerprint density at radius 2 is 1.97 bits per heavy atom. The van der Waals surface area contributed by atoms with E-state index in [1.165, 1.54) is 6.33 Å². The van der Waals surface area contributed by atoms with E-state index in [1.54, 1.807) is 18.9 Å². The number of ether oxygens (including phenoxy) is 1. The van der Waals surface area contributed by atoms with Gasteiger partial charge in [-0.05, 0) is 60.8 Å². The molecule has 0 unspecified atom stereocenters. The minimum absolute atomic E-state index is 0.417. The zero-order valence-corrected chi connectivity index (χ0v) is 20.2. The summed E-state index contributed by atoms with van der Waals surface area (Å²) in [6, 6.07) is 6.06. The van der Waals surface area contributed by atoms with E-state index in [0.29, 0.717) is 11.3 Å². The Kier molecular flexibility index (Phi) is 6.96. The summed E-state index contributed by atoms with van der Waals surface area (Å²) in [6.45, 7) is 6.41. The zero-order valence-electron chi connectivity index (χ0n) is 17.2. The maximum atomic E-state index is 6.10. The number of halogens is 1. The molecule has 2 N–H and O–H groups in total. The van der Waals surface area contributed by atoms with Crippen molar-refractivity contribution in [1.29, 1.82) is 0 Å². The molecular formula is C20H26IN7OS. The number of methoxy groups -OCH3 is 1. The Balaban J connectivity index is 1.57. The number of fused-ring (bicyclic) bond motifs is 1. The van der Waals surface area contributed by atoms with E-state index in [-0.39, 0.29) is 0 Å². The van der Waals surface area contributed by atoms with Crippen LogP contribution in [0.25, 0.3) is 11.2 Å². The first-order valence-corrected chi connectivity index (χ1v) is 11.8. The van der Waals surface area contributed by atoms with E-state index in [9.17, 15) is 0 Å². The molecule has 1 aliphatic rings. The lowest BCUT2D eigenvalue weighted by Gasteiger charge is -2.32. The fourth-order valence-electron chi connectivity index (χ4n) is 3.52. The highest BCUT2D eigenvalue weighted by atomic mass is 127. The van der Waals surface area contributed by atoms with Crippen LogP contribution in [0.1, 0.15) is 6.42 Å². The number of imidazole rings is 1. The molecule has 10 heteroatoms. The van der Waals surface area contributed by atoms with Crippen LogP contribution in [0.15, 0.2) is 34.6 Å². The van der Waals surface area contributed by atoms with Gasteiger partial charge in [0.2, 0.25) is 0 Å². The van der Waals surface area contributed by atoms with Gasteiger partial charge in [0.05, 0.1) is 7.11 Å². The number of hydrogen-bond donors (Lipinski definition) is 1. The zero-order chi connectivity index (χ0) is 21.1. The van der Waals surface area contributed by atoms with Crippen LogP contribution in [0.4, 0.5) is 5.82 Å². The van der Waals surface area contributed by atoms with Crippen LogP contribution in [0, 0.1) is 3.57 Å². The molecule has 30 heavy (non-hydrogen) atoms. The second kappa shape index (κ2) is 9.67. The molecule has 0 spiro atoms. The van der Waals surface area contributed by atoms with Gasteiger partial charge in [-0.2, -0.15) is 0 Å². The van der Waals surface area contributed by atoms with Gasteiger partial charge in [0.1, 0.15) is 12.1 Å². The number of aromatic nitrogens is 4. The number of piperazine rings is 1. The van der Waals surface area contributed by atoms with Crippen molar-refractivity contribution in [2.45, 2.75) is 23.0 Å². The highest BCUT2D eigenvalue weighted by Gasteiger charge is 2.18. The largest absolute Gasteiger partial charge is 0.497 e. The highest BCUT2D eigenvalue weighted by Crippen LogP contribution is 2.35. The van der Waals surface area contributed by atoms with Crippen LogP contribution in [0.2, 0.25) is 0 Å². The maximum absolute atomic E-state index is 6.10. The van der Waals surface area contributed by atoms with E-state index in [4.69, 9.17) is 15.5 Å². The molecular weight excluding hydrogens is 513 g/mol. The molecule has 0 radical (unpaired) electrons. The van der Waals surface area contributed by atoms with Crippen molar-refractivity contribution in [3.05, 3.63) is 28.1 Å². The third-order valence-electron chi connectivity index (χ3n) is 5.32. The quantitative estimate of drug-likeness (QED) is 0.459. The van der Waals surface area contributed by atoms with Gasteiger partial charge in [-0.15, -0.1) is 0 Å². The number of nitrogen functional groups attached to an aromatic ring is 1. The van der Waals surface area contributed by atoms with Crippen LogP contribution >= 0.6 is 34.4 Å². The lowest BCUT2D eigenvalue weighted by molar-refractivity contribution is 0.151. The highest BCUT2D eigenvalue weighted by molar-refractivity contribution is 14.1. The smallest absolute Gasteiger partial charge is 0.175 e. The van der Waals surface area contributed by atoms with Crippen LogP contribution in [-0.2, 0) is 6.54 Å². The van der Waals surface area contributed by atoms with Crippen LogP contribution < -0.4 is 10.5 Å². The van der Waals surface area contributed by atoms with Crippen molar-refractivity contribution < 1.29 is 4.74 Å². The Labute approximate surface area is 194 Å². The van der Waals surface area contributed by atoms with Crippen LogP contribution in [-0.4, -0.2) is 76.2 Å². The van der Waals surface area contributed by atoms with Gasteiger partial charge in [0.25, 0.3) is 0 Å². The average Bonchev–Trinajstić information content (AvgIpc) is 3.10. The summed E-state index contributed by atoms with van der Waals surface area (Å²) in [4.78, 5) is 19.4. The number of rotatable bonds is 7. The summed E-state index contributed by atoms with van der Waals surface area (Å²) >= 11 is 3.95. The molecule has 0 aliphatic carbocycles. The van der Waals surface area contributed by atoms with E-state index < -0.39 is 0 Å². The first kappa shape index (κ1) is 21.6. The third kappa shape index (κ3) is 4.82. The fourth-order valence-corrected chi connectivity index (χ4v) is 5.15. The maximum Gasteiger partial charge on any atom is 0.175 e. The minimum atomic E-state index is 0.417. The summed E-state index contributed by atoms with van der Waals surface area (Å²) in [5, 5.41) is 0.877. The van der Waals surface area contributed by atoms with E-state index in [0.717, 1.165) is 70.7 Å². The predicted molar refractivity (Wildman–Crippen MR) is 128 cm³/mol. The summed E-state index contributed by atoms with van der Waals surface area (Å²) < 4.78 is 8.72. The molecule has 1 saturated heterocycles. The molecule has 160 valence electrons. The molecule has 1 aromatic carbocycles. The van der Waals surface area contributed by atoms with Gasteiger partial charge in [-0.1, -0.05) is 11.8 Å². The molecule has 3 heterocycles. The lowest BCUT2D eigenvalue weighted by Crippen LogP contribution is -2.44. The van der Waals surface area contributed by atoms with Crippen molar-refractivity contribution >= 4 is 51.3 Å². The summed E-state index contributed by atoms with van der Waals surface area (Å²) in [7, 11) is 3.86. The Bertz CT molecular complexity index is 1020. The van der Waals surface area contributed by atoms with Crippen molar-refractivity contribution in [1.82, 2.24) is 29.3 Å². The molecule has 0 bridgehead atoms. The Morgan fingerprint density at radius 1 is 1.17 bits per heavy atom. The SMILES string of the molecule is COc1ccc(I)c(Sc2nc3c(N)ncnc3n2CCCN2CCN(C)CC2)c1. The number of anilines is 1. The van der Waals surface area contributed by atoms with Gasteiger partial charge in [-0.3, -0.25) is 0 Å². The first-order chi connectivity index (χ1) is 14.5. The van der Waals surface area contributed by atoms with Crippen molar-refractivity contribution in [3.63, 3.8) is 0 Å². The fraction of sp³-hybridized carbons (Fsp3) is 0.450. The van der Waals surface area contributed by atoms with Gasteiger partial charge < -0.3 is 24.8 Å². The standard InChI is InChI=1S/C20H26IN7OS/c1-26-8-10-27(11-9-26)6-3-7-28-19-17(18(22)23-13-24-19)25-20(28)30-16-12-14(29-2)4-5-15(16)21/h4-5,12-13H,3,6-11H2,1-2H3,(H2,22,23,24). The van der Waals surface area contributed by atoms with Crippen molar-refractivity contribution in [2.75, 3.05) is 52.6 Å². The number of likely N-dealkylation sites (N-methyl/N-ethyl adjacent to an activating group) is 1. The topological polar surface area (TPSA) is 85.3 Å². The predicted octanol–water partition coefficient (Wildman–Crippen LogP) is 2.81. The summed E-state index contributed by atoms with van der Waals surface area (Å²) in [5.74, 6) is 1.25. The first-order valence-electron chi connectivity index (χ1n) is 9.94. The van der Waals surface area contributed by atoms with Gasteiger partial charge >= 0.3 is 0 Å². The lowest BCUT2D eigenvalue weighted by atomic mass is 10.3. The molecule has 0 atom stereocenters. The molecule has 1 fully saturated rings. The van der Waals surface area contributed by atoms with Gasteiger partial charge in [-0.25, -0.2) is 15.0 Å². The van der Waals surface area contributed by atoms with E-state index >= 15 is 0 Å².